The Morgan fingerprint density at radius 3 is 2.53 bits per heavy atom. The molecule has 0 aliphatic carbocycles. The smallest absolute Gasteiger partial charge is 0.304 e. The van der Waals surface area contributed by atoms with Gasteiger partial charge in [0.2, 0.25) is 0 Å². The summed E-state index contributed by atoms with van der Waals surface area (Å²) in [5.41, 5.74) is 0. The van der Waals surface area contributed by atoms with Gasteiger partial charge in [0.25, 0.3) is 0 Å². The van der Waals surface area contributed by atoms with Gasteiger partial charge in [0, 0.05) is 21.6 Å². The van der Waals surface area contributed by atoms with E-state index in [1.165, 1.54) is 0 Å². The van der Waals surface area contributed by atoms with Crippen molar-refractivity contribution in [3.05, 3.63) is 29.3 Å². The van der Waals surface area contributed by atoms with E-state index in [2.05, 4.69) is 0 Å². The van der Waals surface area contributed by atoms with Gasteiger partial charge in [0.05, 0.1) is 18.8 Å². The van der Waals surface area contributed by atoms with Gasteiger partial charge >= 0.3 is 5.97 Å². The maximum atomic E-state index is 11.3. The summed E-state index contributed by atoms with van der Waals surface area (Å²) in [6, 6.07) is 6.86. The van der Waals surface area contributed by atoms with Gasteiger partial charge < -0.3 is 9.84 Å². The fourth-order valence-corrected chi connectivity index (χ4v) is 2.09. The molecule has 0 aromatic heterocycles. The molecule has 0 fully saturated rings. The third-order valence-electron chi connectivity index (χ3n) is 1.94. The van der Waals surface area contributed by atoms with Crippen molar-refractivity contribution in [2.24, 2.45) is 0 Å². The van der Waals surface area contributed by atoms with Crippen LogP contribution in [-0.2, 0) is 15.6 Å². The third-order valence-corrected chi connectivity index (χ3v) is 3.47. The van der Waals surface area contributed by atoms with Crippen molar-refractivity contribution in [3.63, 3.8) is 0 Å². The van der Waals surface area contributed by atoms with Crippen molar-refractivity contribution >= 4 is 28.4 Å². The molecular formula is C11H13ClO4S. The van der Waals surface area contributed by atoms with E-state index in [-0.39, 0.29) is 12.2 Å². The number of benzene rings is 1. The SMILES string of the molecule is O=C(O)CCS(=O)CCOc1ccc(Cl)cc1. The minimum absolute atomic E-state index is 0.0758. The van der Waals surface area contributed by atoms with Crippen LogP contribution in [0.3, 0.4) is 0 Å². The van der Waals surface area contributed by atoms with E-state index in [4.69, 9.17) is 21.4 Å². The molecule has 0 radical (unpaired) electrons. The van der Waals surface area contributed by atoms with E-state index < -0.39 is 16.8 Å². The molecule has 1 atom stereocenters. The Bertz CT molecular complexity index is 391. The lowest BCUT2D eigenvalue weighted by Crippen LogP contribution is -2.13. The lowest BCUT2D eigenvalue weighted by atomic mass is 10.3. The zero-order valence-corrected chi connectivity index (χ0v) is 10.7. The van der Waals surface area contributed by atoms with Crippen LogP contribution in [0.5, 0.6) is 5.75 Å². The molecule has 0 spiro atoms. The molecule has 0 saturated carbocycles. The Balaban J connectivity index is 2.21. The lowest BCUT2D eigenvalue weighted by molar-refractivity contribution is -0.136. The first-order valence-electron chi connectivity index (χ1n) is 5.03. The summed E-state index contributed by atoms with van der Waals surface area (Å²) in [6.07, 6.45) is -0.0758. The Kier molecular flexibility index (Phi) is 6.00. The highest BCUT2D eigenvalue weighted by atomic mass is 35.5. The molecule has 0 amide bonds. The summed E-state index contributed by atoms with van der Waals surface area (Å²) >= 11 is 5.71. The number of aliphatic carboxylic acids is 1. The monoisotopic (exact) mass is 276 g/mol. The average molecular weight is 277 g/mol. The summed E-state index contributed by atoms with van der Waals surface area (Å²) in [7, 11) is -1.15. The summed E-state index contributed by atoms with van der Waals surface area (Å²) < 4.78 is 16.7. The Morgan fingerprint density at radius 1 is 1.29 bits per heavy atom. The zero-order valence-electron chi connectivity index (χ0n) is 9.10. The standard InChI is InChI=1S/C11H13ClO4S/c12-9-1-3-10(4-2-9)16-6-8-17(15)7-5-11(13)14/h1-4H,5-8H2,(H,13,14). The number of carboxylic acids is 1. The number of ether oxygens (including phenoxy) is 1. The number of halogens is 1. The first-order chi connectivity index (χ1) is 8.08. The van der Waals surface area contributed by atoms with E-state index in [0.29, 0.717) is 23.1 Å². The quantitative estimate of drug-likeness (QED) is 0.827. The van der Waals surface area contributed by atoms with Gasteiger partial charge in [-0.25, -0.2) is 0 Å². The van der Waals surface area contributed by atoms with Crippen LogP contribution in [0.2, 0.25) is 5.02 Å². The van der Waals surface area contributed by atoms with Gasteiger partial charge in [0.15, 0.2) is 0 Å². The Morgan fingerprint density at radius 2 is 1.94 bits per heavy atom. The fourth-order valence-electron chi connectivity index (χ4n) is 1.09. The molecule has 4 nitrogen and oxygen atoms in total. The predicted octanol–water partition coefficient (Wildman–Crippen LogP) is 1.94. The molecule has 17 heavy (non-hydrogen) atoms. The molecule has 1 N–H and O–H groups in total. The van der Waals surface area contributed by atoms with Crippen LogP contribution >= 0.6 is 11.6 Å². The number of carboxylic acid groups (broad SMARTS) is 1. The lowest BCUT2D eigenvalue weighted by Gasteiger charge is -2.05. The van der Waals surface area contributed by atoms with E-state index >= 15 is 0 Å². The minimum Gasteiger partial charge on any atom is -0.493 e. The maximum Gasteiger partial charge on any atom is 0.304 e. The molecule has 1 aromatic rings. The van der Waals surface area contributed by atoms with E-state index in [1.54, 1.807) is 24.3 Å². The normalized spacial score (nSPS) is 12.1. The van der Waals surface area contributed by atoms with Gasteiger partial charge in [-0.15, -0.1) is 0 Å². The summed E-state index contributed by atoms with van der Waals surface area (Å²) in [5.74, 6) is 0.219. The number of hydrogen-bond donors (Lipinski definition) is 1. The number of hydrogen-bond acceptors (Lipinski definition) is 3. The number of carbonyl (C=O) groups is 1. The topological polar surface area (TPSA) is 63.6 Å². The molecule has 1 rings (SSSR count). The zero-order chi connectivity index (χ0) is 12.7. The van der Waals surface area contributed by atoms with Crippen molar-refractivity contribution in [2.75, 3.05) is 18.1 Å². The summed E-state index contributed by atoms with van der Waals surface area (Å²) in [6.45, 7) is 0.299. The minimum atomic E-state index is -1.15. The van der Waals surface area contributed by atoms with Crippen molar-refractivity contribution in [1.29, 1.82) is 0 Å². The van der Waals surface area contributed by atoms with Gasteiger partial charge in [-0.2, -0.15) is 0 Å². The fraction of sp³-hybridized carbons (Fsp3) is 0.364. The highest BCUT2D eigenvalue weighted by molar-refractivity contribution is 7.85. The van der Waals surface area contributed by atoms with Crippen LogP contribution in [0.15, 0.2) is 24.3 Å². The molecule has 0 heterocycles. The molecular weight excluding hydrogens is 264 g/mol. The molecule has 94 valence electrons. The van der Waals surface area contributed by atoms with E-state index in [0.717, 1.165) is 0 Å². The van der Waals surface area contributed by atoms with Gasteiger partial charge in [-0.1, -0.05) is 11.6 Å². The van der Waals surface area contributed by atoms with Crippen LogP contribution in [0.25, 0.3) is 0 Å². The van der Waals surface area contributed by atoms with Crippen LogP contribution in [0.1, 0.15) is 6.42 Å². The van der Waals surface area contributed by atoms with E-state index in [1.807, 2.05) is 0 Å². The molecule has 0 saturated heterocycles. The maximum absolute atomic E-state index is 11.3. The van der Waals surface area contributed by atoms with Gasteiger partial charge in [-0.05, 0) is 24.3 Å². The second kappa shape index (κ2) is 7.29. The van der Waals surface area contributed by atoms with Crippen molar-refractivity contribution < 1.29 is 18.8 Å². The van der Waals surface area contributed by atoms with Crippen molar-refractivity contribution in [3.8, 4) is 5.75 Å². The van der Waals surface area contributed by atoms with Crippen molar-refractivity contribution in [1.82, 2.24) is 0 Å². The first kappa shape index (κ1) is 14.0. The van der Waals surface area contributed by atoms with Crippen LogP contribution in [0.4, 0.5) is 0 Å². The second-order valence-corrected chi connectivity index (χ2v) is 5.43. The molecule has 6 heteroatoms. The average Bonchev–Trinajstić information content (AvgIpc) is 2.29. The van der Waals surface area contributed by atoms with Gasteiger partial charge in [0.1, 0.15) is 5.75 Å². The molecule has 0 aliphatic heterocycles. The molecule has 0 bridgehead atoms. The van der Waals surface area contributed by atoms with E-state index in [9.17, 15) is 9.00 Å². The second-order valence-electron chi connectivity index (χ2n) is 3.29. The Hall–Kier alpha value is -1.07. The first-order valence-corrected chi connectivity index (χ1v) is 6.89. The third kappa shape index (κ3) is 6.28. The number of rotatable bonds is 7. The van der Waals surface area contributed by atoms with Crippen molar-refractivity contribution in [2.45, 2.75) is 6.42 Å². The molecule has 1 aromatic carbocycles. The summed E-state index contributed by atoms with van der Waals surface area (Å²) in [5, 5.41) is 9.04. The largest absolute Gasteiger partial charge is 0.493 e. The van der Waals surface area contributed by atoms with Gasteiger partial charge in [-0.3, -0.25) is 9.00 Å². The summed E-state index contributed by atoms with van der Waals surface area (Å²) in [4.78, 5) is 10.3. The highest BCUT2D eigenvalue weighted by Crippen LogP contribution is 2.15. The molecule has 1 unspecified atom stereocenters. The van der Waals surface area contributed by atoms with Crippen LogP contribution in [-0.4, -0.2) is 33.4 Å². The highest BCUT2D eigenvalue weighted by Gasteiger charge is 2.04. The Labute approximate surface area is 107 Å². The predicted molar refractivity (Wildman–Crippen MR) is 67.1 cm³/mol. The molecule has 0 aliphatic rings. The van der Waals surface area contributed by atoms with Crippen LogP contribution in [0, 0.1) is 0 Å². The van der Waals surface area contributed by atoms with Crippen LogP contribution < -0.4 is 4.74 Å².